The Hall–Kier alpha value is -2.09. The molecule has 1 saturated carbocycles. The molecule has 160 valence electrons. The Balaban J connectivity index is 0.00000289. The van der Waals surface area contributed by atoms with Crippen LogP contribution in [0.4, 0.5) is 4.39 Å². The molecule has 0 bridgehead atoms. The van der Waals surface area contributed by atoms with Crippen molar-refractivity contribution in [3.8, 4) is 11.1 Å². The molecule has 0 amide bonds. The van der Waals surface area contributed by atoms with E-state index in [1.807, 2.05) is 24.3 Å². The van der Waals surface area contributed by atoms with Gasteiger partial charge in [0.15, 0.2) is 0 Å². The molecule has 2 aromatic carbocycles. The maximum absolute atomic E-state index is 13.6. The fourth-order valence-corrected chi connectivity index (χ4v) is 3.85. The smallest absolute Gasteiger partial charge is 0.550 e. The zero-order valence-corrected chi connectivity index (χ0v) is 19.9. The summed E-state index contributed by atoms with van der Waals surface area (Å²) in [6.07, 6.45) is 2.51. The third kappa shape index (κ3) is 5.82. The number of para-hydroxylation sites is 1. The molecule has 1 aliphatic rings. The molecule has 0 unspecified atom stereocenters. The molecule has 2 N–H and O–H groups in total. The van der Waals surface area contributed by atoms with Crippen molar-refractivity contribution >= 4 is 22.9 Å². The summed E-state index contributed by atoms with van der Waals surface area (Å²) in [6, 6.07) is 14.1. The average molecular weight is 443 g/mol. The molecule has 32 heavy (non-hydrogen) atoms. The van der Waals surface area contributed by atoms with Crippen LogP contribution < -0.4 is 34.7 Å². The number of halogens is 1. The first kappa shape index (κ1) is 24.6. The van der Waals surface area contributed by atoms with Gasteiger partial charge in [0.05, 0.1) is 23.4 Å². The van der Waals surface area contributed by atoms with E-state index in [4.69, 9.17) is 4.98 Å². The SMILES string of the molecule is O=C([O-])C[C@H](O)C[C@H](O)/C=C\c1c(C2CC2)nc2ccccc2c1-c1ccc(F)cc1.[Na+]. The molecule has 1 fully saturated rings. The standard InChI is InChI=1S/C25H24FNO4.Na/c26-17-9-7-15(8-10-17)24-20-3-1-2-4-22(20)27-25(16-5-6-16)21(24)12-11-18(28)13-19(29)14-23(30)31;/h1-4,7-12,16,18-19,28-29H,5-6,13-14H2,(H,30,31);/q;+1/p-1/b12-11-;/t18-,19-;/m1./s1. The second kappa shape index (κ2) is 10.7. The summed E-state index contributed by atoms with van der Waals surface area (Å²) in [6.45, 7) is 0. The fraction of sp³-hybridized carbons (Fsp3) is 0.280. The minimum atomic E-state index is -1.36. The zero-order chi connectivity index (χ0) is 22.0. The van der Waals surface area contributed by atoms with E-state index in [2.05, 4.69) is 0 Å². The number of hydrogen-bond donors (Lipinski definition) is 2. The van der Waals surface area contributed by atoms with Crippen LogP contribution in [0.5, 0.6) is 0 Å². The molecule has 4 rings (SSSR count). The largest absolute Gasteiger partial charge is 1.00 e. The minimum Gasteiger partial charge on any atom is -0.550 e. The molecule has 0 aliphatic heterocycles. The molecular formula is C25H23FNNaO4. The molecular weight excluding hydrogens is 420 g/mol. The topological polar surface area (TPSA) is 93.5 Å². The first-order chi connectivity index (χ1) is 14.9. The van der Waals surface area contributed by atoms with E-state index >= 15 is 0 Å². The molecule has 7 heteroatoms. The molecule has 0 spiro atoms. The van der Waals surface area contributed by atoms with Gasteiger partial charge in [0.25, 0.3) is 0 Å². The third-order valence-corrected chi connectivity index (χ3v) is 5.46. The van der Waals surface area contributed by atoms with Crippen molar-refractivity contribution < 1.29 is 54.1 Å². The number of carboxylic acid groups (broad SMARTS) is 1. The van der Waals surface area contributed by atoms with Crippen LogP contribution in [0.25, 0.3) is 28.1 Å². The van der Waals surface area contributed by atoms with Crippen LogP contribution >= 0.6 is 0 Å². The van der Waals surface area contributed by atoms with Crippen LogP contribution in [0.15, 0.2) is 54.6 Å². The second-order valence-corrected chi connectivity index (χ2v) is 7.98. The summed E-state index contributed by atoms with van der Waals surface area (Å²) >= 11 is 0. The number of nitrogens with zero attached hydrogens (tertiary/aromatic N) is 1. The van der Waals surface area contributed by atoms with E-state index in [1.54, 1.807) is 24.3 Å². The number of hydrogen-bond acceptors (Lipinski definition) is 5. The van der Waals surface area contributed by atoms with Gasteiger partial charge in [0.2, 0.25) is 0 Å². The Morgan fingerprint density at radius 3 is 2.50 bits per heavy atom. The number of rotatable bonds is 8. The number of aliphatic hydroxyl groups excluding tert-OH is 2. The summed E-state index contributed by atoms with van der Waals surface area (Å²) in [5, 5.41) is 31.7. The van der Waals surface area contributed by atoms with Crippen molar-refractivity contribution in [2.75, 3.05) is 0 Å². The quantitative estimate of drug-likeness (QED) is 0.485. The maximum atomic E-state index is 13.6. The molecule has 1 heterocycles. The summed E-state index contributed by atoms with van der Waals surface area (Å²) in [7, 11) is 0. The number of pyridine rings is 1. The van der Waals surface area contributed by atoms with Crippen molar-refractivity contribution in [1.82, 2.24) is 4.98 Å². The van der Waals surface area contributed by atoms with Crippen molar-refractivity contribution in [3.05, 3.63) is 71.7 Å². The molecule has 0 radical (unpaired) electrons. The number of aliphatic carboxylic acids is 1. The monoisotopic (exact) mass is 443 g/mol. The Bertz CT molecular complexity index is 1130. The molecule has 2 atom stereocenters. The first-order valence-electron chi connectivity index (χ1n) is 10.3. The minimum absolute atomic E-state index is 0. The van der Waals surface area contributed by atoms with E-state index in [1.165, 1.54) is 12.1 Å². The van der Waals surface area contributed by atoms with Crippen LogP contribution in [0.2, 0.25) is 0 Å². The number of carbonyl (C=O) groups excluding carboxylic acids is 1. The number of fused-ring (bicyclic) bond motifs is 1. The molecule has 3 aromatic rings. The van der Waals surface area contributed by atoms with E-state index in [0.717, 1.165) is 46.1 Å². The fourth-order valence-electron chi connectivity index (χ4n) is 3.85. The maximum Gasteiger partial charge on any atom is 1.00 e. The van der Waals surface area contributed by atoms with Crippen molar-refractivity contribution in [3.63, 3.8) is 0 Å². The molecule has 5 nitrogen and oxygen atoms in total. The van der Waals surface area contributed by atoms with Gasteiger partial charge in [-0.2, -0.15) is 0 Å². The van der Waals surface area contributed by atoms with Gasteiger partial charge < -0.3 is 20.1 Å². The summed E-state index contributed by atoms with van der Waals surface area (Å²) in [5.74, 6) is -1.36. The first-order valence-corrected chi connectivity index (χ1v) is 10.3. The van der Waals surface area contributed by atoms with Gasteiger partial charge in [-0.1, -0.05) is 42.5 Å². The van der Waals surface area contributed by atoms with Crippen LogP contribution in [0.1, 0.15) is 42.9 Å². The number of carbonyl (C=O) groups is 1. The van der Waals surface area contributed by atoms with E-state index in [0.29, 0.717) is 5.92 Å². The van der Waals surface area contributed by atoms with Crippen LogP contribution in [-0.4, -0.2) is 33.4 Å². The normalized spacial score (nSPS) is 15.5. The second-order valence-electron chi connectivity index (χ2n) is 7.98. The Morgan fingerprint density at radius 1 is 1.16 bits per heavy atom. The molecule has 1 aromatic heterocycles. The van der Waals surface area contributed by atoms with E-state index in [-0.39, 0.29) is 41.8 Å². The van der Waals surface area contributed by atoms with Crippen LogP contribution in [0, 0.1) is 5.82 Å². The number of carboxylic acids is 1. The zero-order valence-electron chi connectivity index (χ0n) is 17.9. The van der Waals surface area contributed by atoms with Gasteiger partial charge in [0, 0.05) is 41.2 Å². The Kier molecular flexibility index (Phi) is 8.20. The summed E-state index contributed by atoms with van der Waals surface area (Å²) in [5.41, 5.74) is 4.38. The van der Waals surface area contributed by atoms with Gasteiger partial charge in [-0.15, -0.1) is 0 Å². The third-order valence-electron chi connectivity index (χ3n) is 5.46. The Morgan fingerprint density at radius 2 is 1.84 bits per heavy atom. The van der Waals surface area contributed by atoms with E-state index in [9.17, 15) is 24.5 Å². The van der Waals surface area contributed by atoms with Crippen molar-refractivity contribution in [2.24, 2.45) is 0 Å². The summed E-state index contributed by atoms with van der Waals surface area (Å²) in [4.78, 5) is 15.5. The predicted octanol–water partition coefficient (Wildman–Crippen LogP) is 0.187. The number of benzene rings is 2. The van der Waals surface area contributed by atoms with Gasteiger partial charge in [-0.05, 0) is 36.6 Å². The molecule has 1 aliphatic carbocycles. The number of aromatic nitrogens is 1. The van der Waals surface area contributed by atoms with Crippen LogP contribution in [0.3, 0.4) is 0 Å². The molecule has 0 saturated heterocycles. The van der Waals surface area contributed by atoms with Gasteiger partial charge >= 0.3 is 29.6 Å². The summed E-state index contributed by atoms with van der Waals surface area (Å²) < 4.78 is 13.6. The van der Waals surface area contributed by atoms with Crippen LogP contribution in [-0.2, 0) is 4.79 Å². The predicted molar refractivity (Wildman–Crippen MR) is 114 cm³/mol. The van der Waals surface area contributed by atoms with Gasteiger partial charge in [-0.3, -0.25) is 4.98 Å². The van der Waals surface area contributed by atoms with Gasteiger partial charge in [-0.25, -0.2) is 4.39 Å². The van der Waals surface area contributed by atoms with E-state index < -0.39 is 24.6 Å². The number of aliphatic hydroxyl groups is 2. The Labute approximate surface area is 207 Å². The van der Waals surface area contributed by atoms with Crippen molar-refractivity contribution in [2.45, 2.75) is 43.8 Å². The van der Waals surface area contributed by atoms with Crippen molar-refractivity contribution in [1.29, 1.82) is 0 Å². The van der Waals surface area contributed by atoms with Gasteiger partial charge in [0.1, 0.15) is 5.82 Å². The average Bonchev–Trinajstić information content (AvgIpc) is 3.56.